The zero-order chi connectivity index (χ0) is 11.5. The molecule has 88 valence electrons. The molecule has 0 amide bonds. The van der Waals surface area contributed by atoms with Gasteiger partial charge in [0, 0.05) is 12.6 Å². The highest BCUT2D eigenvalue weighted by molar-refractivity contribution is 5.31. The number of piperidine rings is 1. The molecule has 1 aromatic carbocycles. The summed E-state index contributed by atoms with van der Waals surface area (Å²) < 4.78 is 0. The van der Waals surface area contributed by atoms with E-state index in [1.54, 1.807) is 0 Å². The molecule has 2 rings (SSSR count). The van der Waals surface area contributed by atoms with Gasteiger partial charge in [-0.1, -0.05) is 29.3 Å². The average Bonchev–Trinajstić information content (AvgIpc) is 2.28. The Kier molecular flexibility index (Phi) is 3.62. The van der Waals surface area contributed by atoms with Crippen molar-refractivity contribution < 1.29 is 5.11 Å². The first-order valence-corrected chi connectivity index (χ1v) is 6.11. The number of aliphatic hydroxyl groups excluding tert-OH is 1. The Balaban J connectivity index is 2.08. The molecule has 1 aliphatic rings. The summed E-state index contributed by atoms with van der Waals surface area (Å²) in [5.41, 5.74) is 4.14. The van der Waals surface area contributed by atoms with Crippen molar-refractivity contribution in [1.82, 2.24) is 5.32 Å². The first-order chi connectivity index (χ1) is 7.69. The van der Waals surface area contributed by atoms with Gasteiger partial charge in [-0.25, -0.2) is 0 Å². The van der Waals surface area contributed by atoms with Gasteiger partial charge < -0.3 is 10.4 Å². The lowest BCUT2D eigenvalue weighted by Crippen LogP contribution is -2.40. The highest BCUT2D eigenvalue weighted by Gasteiger charge is 2.21. The van der Waals surface area contributed by atoms with Crippen LogP contribution in [0.25, 0.3) is 0 Å². The van der Waals surface area contributed by atoms with Crippen molar-refractivity contribution in [3.8, 4) is 0 Å². The molecule has 2 N–H and O–H groups in total. The van der Waals surface area contributed by atoms with Crippen LogP contribution in [0.1, 0.15) is 35.4 Å². The number of benzene rings is 1. The van der Waals surface area contributed by atoms with Gasteiger partial charge in [-0.15, -0.1) is 0 Å². The highest BCUT2D eigenvalue weighted by Crippen LogP contribution is 2.26. The van der Waals surface area contributed by atoms with Crippen LogP contribution in [-0.2, 0) is 0 Å². The Morgan fingerprint density at radius 3 is 2.38 bits per heavy atom. The topological polar surface area (TPSA) is 32.3 Å². The molecule has 1 aromatic rings. The van der Waals surface area contributed by atoms with E-state index >= 15 is 0 Å². The number of hydrogen-bond donors (Lipinski definition) is 2. The number of rotatable bonds is 2. The summed E-state index contributed by atoms with van der Waals surface area (Å²) in [5.74, 6) is 0.612. The van der Waals surface area contributed by atoms with Crippen molar-refractivity contribution in [3.63, 3.8) is 0 Å². The van der Waals surface area contributed by atoms with Crippen LogP contribution < -0.4 is 5.32 Å². The van der Waals surface area contributed by atoms with E-state index in [0.29, 0.717) is 12.0 Å². The summed E-state index contributed by atoms with van der Waals surface area (Å²) >= 11 is 0. The van der Waals surface area contributed by atoms with Crippen LogP contribution in [0.5, 0.6) is 0 Å². The molecule has 2 heteroatoms. The predicted octanol–water partition coefficient (Wildman–Crippen LogP) is 2.13. The predicted molar refractivity (Wildman–Crippen MR) is 66.8 cm³/mol. The fourth-order valence-electron chi connectivity index (χ4n) is 2.60. The largest absolute Gasteiger partial charge is 0.395 e. The van der Waals surface area contributed by atoms with Crippen molar-refractivity contribution in [2.75, 3.05) is 13.2 Å². The summed E-state index contributed by atoms with van der Waals surface area (Å²) in [6.45, 7) is 5.57. The van der Waals surface area contributed by atoms with Crippen LogP contribution in [0.3, 0.4) is 0 Å². The zero-order valence-electron chi connectivity index (χ0n) is 10.2. The maximum atomic E-state index is 9.07. The molecule has 0 saturated carbocycles. The van der Waals surface area contributed by atoms with Crippen molar-refractivity contribution in [2.24, 2.45) is 0 Å². The molecular formula is C14H21NO. The molecule has 0 aliphatic carbocycles. The molecule has 0 radical (unpaired) electrons. The quantitative estimate of drug-likeness (QED) is 0.798. The number of aryl methyl sites for hydroxylation is 2. The van der Waals surface area contributed by atoms with E-state index < -0.39 is 0 Å². The van der Waals surface area contributed by atoms with Gasteiger partial charge in [0.15, 0.2) is 0 Å². The van der Waals surface area contributed by atoms with Gasteiger partial charge in [-0.05, 0) is 38.2 Å². The zero-order valence-corrected chi connectivity index (χ0v) is 10.2. The summed E-state index contributed by atoms with van der Waals surface area (Å²) in [5, 5.41) is 12.5. The number of nitrogens with one attached hydrogen (secondary N) is 1. The van der Waals surface area contributed by atoms with Crippen LogP contribution >= 0.6 is 0 Å². The second-order valence-electron chi connectivity index (χ2n) is 4.98. The van der Waals surface area contributed by atoms with Gasteiger partial charge in [-0.3, -0.25) is 0 Å². The van der Waals surface area contributed by atoms with Crippen LogP contribution in [0.15, 0.2) is 18.2 Å². The molecule has 1 aliphatic heterocycles. The molecule has 0 spiro atoms. The highest BCUT2D eigenvalue weighted by atomic mass is 16.3. The number of aliphatic hydroxyl groups is 1. The van der Waals surface area contributed by atoms with E-state index in [0.717, 1.165) is 13.0 Å². The molecule has 16 heavy (non-hydrogen) atoms. The SMILES string of the molecule is Cc1cc(C)cc(C2CCC(CO)NC2)c1. The Labute approximate surface area is 97.7 Å². The summed E-state index contributed by atoms with van der Waals surface area (Å²) in [4.78, 5) is 0. The average molecular weight is 219 g/mol. The van der Waals surface area contributed by atoms with Crippen LogP contribution in [0.4, 0.5) is 0 Å². The van der Waals surface area contributed by atoms with E-state index in [-0.39, 0.29) is 6.61 Å². The van der Waals surface area contributed by atoms with Gasteiger partial charge >= 0.3 is 0 Å². The van der Waals surface area contributed by atoms with Gasteiger partial charge in [0.1, 0.15) is 0 Å². The Bertz CT molecular complexity index is 334. The van der Waals surface area contributed by atoms with E-state index in [4.69, 9.17) is 5.11 Å². The van der Waals surface area contributed by atoms with E-state index in [9.17, 15) is 0 Å². The minimum atomic E-state index is 0.263. The number of hydrogen-bond acceptors (Lipinski definition) is 2. The monoisotopic (exact) mass is 219 g/mol. The smallest absolute Gasteiger partial charge is 0.0584 e. The van der Waals surface area contributed by atoms with E-state index in [1.165, 1.54) is 23.1 Å². The normalized spacial score (nSPS) is 25.7. The standard InChI is InChI=1S/C14H21NO/c1-10-5-11(2)7-13(6-10)12-3-4-14(9-16)15-8-12/h5-7,12,14-16H,3-4,8-9H2,1-2H3. The second-order valence-corrected chi connectivity index (χ2v) is 4.98. The molecule has 2 atom stereocenters. The molecule has 0 bridgehead atoms. The maximum Gasteiger partial charge on any atom is 0.0584 e. The molecule has 2 nitrogen and oxygen atoms in total. The fraction of sp³-hybridized carbons (Fsp3) is 0.571. The lowest BCUT2D eigenvalue weighted by Gasteiger charge is -2.29. The van der Waals surface area contributed by atoms with Crippen LogP contribution in [0, 0.1) is 13.8 Å². The van der Waals surface area contributed by atoms with Crippen LogP contribution in [-0.4, -0.2) is 24.3 Å². The van der Waals surface area contributed by atoms with Crippen molar-refractivity contribution >= 4 is 0 Å². The fourth-order valence-corrected chi connectivity index (χ4v) is 2.60. The first-order valence-electron chi connectivity index (χ1n) is 6.11. The molecule has 1 saturated heterocycles. The Hall–Kier alpha value is -0.860. The van der Waals surface area contributed by atoms with Gasteiger partial charge in [0.05, 0.1) is 6.61 Å². The summed E-state index contributed by atoms with van der Waals surface area (Å²) in [6.07, 6.45) is 2.26. The van der Waals surface area contributed by atoms with Crippen molar-refractivity contribution in [3.05, 3.63) is 34.9 Å². The molecule has 1 heterocycles. The minimum absolute atomic E-state index is 0.263. The summed E-state index contributed by atoms with van der Waals surface area (Å²) in [6, 6.07) is 7.11. The van der Waals surface area contributed by atoms with Gasteiger partial charge in [0.2, 0.25) is 0 Å². The molecule has 0 aromatic heterocycles. The Morgan fingerprint density at radius 1 is 1.19 bits per heavy atom. The Morgan fingerprint density at radius 2 is 1.88 bits per heavy atom. The summed E-state index contributed by atoms with van der Waals surface area (Å²) in [7, 11) is 0. The third kappa shape index (κ3) is 2.63. The lowest BCUT2D eigenvalue weighted by atomic mass is 9.87. The molecular weight excluding hydrogens is 198 g/mol. The van der Waals surface area contributed by atoms with Crippen molar-refractivity contribution in [2.45, 2.75) is 38.6 Å². The van der Waals surface area contributed by atoms with Crippen molar-refractivity contribution in [1.29, 1.82) is 0 Å². The second kappa shape index (κ2) is 4.98. The first kappa shape index (κ1) is 11.6. The lowest BCUT2D eigenvalue weighted by molar-refractivity contribution is 0.212. The van der Waals surface area contributed by atoms with E-state index in [2.05, 4.69) is 37.4 Å². The molecule has 1 fully saturated rings. The maximum absolute atomic E-state index is 9.07. The van der Waals surface area contributed by atoms with Gasteiger partial charge in [0.25, 0.3) is 0 Å². The minimum Gasteiger partial charge on any atom is -0.395 e. The third-order valence-corrected chi connectivity index (χ3v) is 3.45. The van der Waals surface area contributed by atoms with Gasteiger partial charge in [-0.2, -0.15) is 0 Å². The van der Waals surface area contributed by atoms with Crippen LogP contribution in [0.2, 0.25) is 0 Å². The molecule has 2 unspecified atom stereocenters. The van der Waals surface area contributed by atoms with E-state index in [1.807, 2.05) is 0 Å². The third-order valence-electron chi connectivity index (χ3n) is 3.45.